The maximum absolute atomic E-state index is 6.65. The lowest BCUT2D eigenvalue weighted by atomic mass is 9.81. The Kier molecular flexibility index (Phi) is 3.60. The number of thiophene rings is 1. The fourth-order valence-corrected chi connectivity index (χ4v) is 3.83. The Bertz CT molecular complexity index is 764. The van der Waals surface area contributed by atoms with E-state index in [1.807, 2.05) is 0 Å². The van der Waals surface area contributed by atoms with Gasteiger partial charge in [-0.15, -0.1) is 11.3 Å². The molecule has 0 saturated heterocycles. The second-order valence-corrected chi connectivity index (χ2v) is 7.42. The van der Waals surface area contributed by atoms with Crippen molar-refractivity contribution in [2.75, 3.05) is 0 Å². The van der Waals surface area contributed by atoms with Crippen LogP contribution < -0.4 is 5.73 Å². The summed E-state index contributed by atoms with van der Waals surface area (Å²) in [5.74, 6) is 0. The third kappa shape index (κ3) is 2.61. The van der Waals surface area contributed by atoms with Gasteiger partial charge in [0, 0.05) is 4.70 Å². The maximum Gasteiger partial charge on any atom is 0.0568 e. The Morgan fingerprint density at radius 3 is 2.38 bits per heavy atom. The molecule has 0 fully saturated rings. The fourth-order valence-electron chi connectivity index (χ4n) is 2.88. The first-order valence-corrected chi connectivity index (χ1v) is 8.17. The summed E-state index contributed by atoms with van der Waals surface area (Å²) in [5, 5.41) is 3.41. The van der Waals surface area contributed by atoms with Gasteiger partial charge in [0.1, 0.15) is 0 Å². The van der Waals surface area contributed by atoms with E-state index < -0.39 is 0 Å². The molecular weight excluding hydrogens is 274 g/mol. The van der Waals surface area contributed by atoms with Crippen LogP contribution in [0.2, 0.25) is 0 Å². The van der Waals surface area contributed by atoms with Gasteiger partial charge in [0.2, 0.25) is 0 Å². The maximum atomic E-state index is 6.65. The van der Waals surface area contributed by atoms with Crippen LogP contribution in [0.4, 0.5) is 0 Å². The number of nitrogens with two attached hydrogens (primary N) is 1. The Hall–Kier alpha value is -1.64. The molecule has 1 heterocycles. The van der Waals surface area contributed by atoms with Crippen LogP contribution in [-0.2, 0) is 5.41 Å². The minimum atomic E-state index is -0.0808. The first-order valence-electron chi connectivity index (χ1n) is 7.29. The quantitative estimate of drug-likeness (QED) is 0.687. The van der Waals surface area contributed by atoms with Crippen LogP contribution in [0.3, 0.4) is 0 Å². The molecule has 2 heteroatoms. The molecule has 0 saturated carbocycles. The highest BCUT2D eigenvalue weighted by Gasteiger charge is 2.22. The topological polar surface area (TPSA) is 26.0 Å². The molecule has 2 aromatic carbocycles. The van der Waals surface area contributed by atoms with Gasteiger partial charge in [-0.1, -0.05) is 63.2 Å². The van der Waals surface area contributed by atoms with Crippen molar-refractivity contribution >= 4 is 21.4 Å². The van der Waals surface area contributed by atoms with Crippen molar-refractivity contribution in [2.24, 2.45) is 5.73 Å². The minimum Gasteiger partial charge on any atom is -0.320 e. The van der Waals surface area contributed by atoms with E-state index in [0.29, 0.717) is 0 Å². The molecule has 3 aromatic rings. The molecular formula is C19H21NS. The van der Waals surface area contributed by atoms with Crippen molar-refractivity contribution in [3.05, 3.63) is 70.6 Å². The number of hydrogen-bond donors (Lipinski definition) is 1. The van der Waals surface area contributed by atoms with Gasteiger partial charge in [0.15, 0.2) is 0 Å². The van der Waals surface area contributed by atoms with Crippen LogP contribution in [0.5, 0.6) is 0 Å². The van der Waals surface area contributed by atoms with E-state index in [0.717, 1.165) is 0 Å². The lowest BCUT2D eigenvalue weighted by Crippen LogP contribution is -2.20. The summed E-state index contributed by atoms with van der Waals surface area (Å²) < 4.78 is 1.30. The molecule has 0 radical (unpaired) electrons. The van der Waals surface area contributed by atoms with Crippen LogP contribution in [0.1, 0.15) is 43.5 Å². The summed E-state index contributed by atoms with van der Waals surface area (Å²) in [6.45, 7) is 6.72. The van der Waals surface area contributed by atoms with Crippen molar-refractivity contribution in [2.45, 2.75) is 32.2 Å². The molecule has 0 bridgehead atoms. The average Bonchev–Trinajstić information content (AvgIpc) is 2.94. The lowest BCUT2D eigenvalue weighted by molar-refractivity contribution is 0.578. The lowest BCUT2D eigenvalue weighted by Gasteiger charge is -2.26. The van der Waals surface area contributed by atoms with Crippen molar-refractivity contribution in [1.29, 1.82) is 0 Å². The van der Waals surface area contributed by atoms with Crippen molar-refractivity contribution in [3.8, 4) is 0 Å². The van der Waals surface area contributed by atoms with Gasteiger partial charge in [-0.3, -0.25) is 0 Å². The van der Waals surface area contributed by atoms with Gasteiger partial charge in [0.05, 0.1) is 6.04 Å². The van der Waals surface area contributed by atoms with E-state index in [9.17, 15) is 0 Å². The third-order valence-corrected chi connectivity index (χ3v) is 4.93. The van der Waals surface area contributed by atoms with E-state index in [-0.39, 0.29) is 11.5 Å². The summed E-state index contributed by atoms with van der Waals surface area (Å²) in [6, 6.07) is 17.0. The number of benzene rings is 2. The van der Waals surface area contributed by atoms with Crippen molar-refractivity contribution < 1.29 is 0 Å². The number of fused-ring (bicyclic) bond motifs is 1. The molecule has 1 unspecified atom stereocenters. The van der Waals surface area contributed by atoms with Crippen molar-refractivity contribution in [3.63, 3.8) is 0 Å². The van der Waals surface area contributed by atoms with Gasteiger partial charge in [-0.05, 0) is 38.9 Å². The number of hydrogen-bond acceptors (Lipinski definition) is 2. The monoisotopic (exact) mass is 295 g/mol. The van der Waals surface area contributed by atoms with Crippen LogP contribution >= 0.6 is 11.3 Å². The molecule has 1 aromatic heterocycles. The fraction of sp³-hybridized carbons (Fsp3) is 0.263. The summed E-state index contributed by atoms with van der Waals surface area (Å²) >= 11 is 1.77. The molecule has 0 aliphatic rings. The van der Waals surface area contributed by atoms with Gasteiger partial charge < -0.3 is 5.73 Å². The molecule has 1 nitrogen and oxygen atoms in total. The molecule has 1 atom stereocenters. The minimum absolute atomic E-state index is 0.0808. The van der Waals surface area contributed by atoms with Gasteiger partial charge in [0.25, 0.3) is 0 Å². The van der Waals surface area contributed by atoms with E-state index in [1.54, 1.807) is 11.3 Å². The van der Waals surface area contributed by atoms with Gasteiger partial charge >= 0.3 is 0 Å². The molecule has 2 N–H and O–H groups in total. The molecule has 0 aliphatic carbocycles. The summed E-state index contributed by atoms with van der Waals surface area (Å²) in [4.78, 5) is 0. The summed E-state index contributed by atoms with van der Waals surface area (Å²) in [6.07, 6.45) is 0. The molecule has 108 valence electrons. The largest absolute Gasteiger partial charge is 0.320 e. The summed E-state index contributed by atoms with van der Waals surface area (Å²) in [7, 11) is 0. The zero-order valence-electron chi connectivity index (χ0n) is 12.8. The molecule has 3 rings (SSSR count). The molecule has 0 aliphatic heterocycles. The second kappa shape index (κ2) is 5.28. The smallest absolute Gasteiger partial charge is 0.0568 e. The summed E-state index contributed by atoms with van der Waals surface area (Å²) in [5.41, 5.74) is 10.5. The van der Waals surface area contributed by atoms with Crippen LogP contribution in [0.25, 0.3) is 10.1 Å². The van der Waals surface area contributed by atoms with E-state index in [1.165, 1.54) is 26.8 Å². The molecule has 0 spiro atoms. The van der Waals surface area contributed by atoms with Gasteiger partial charge in [-0.2, -0.15) is 0 Å². The zero-order chi connectivity index (χ0) is 15.0. The van der Waals surface area contributed by atoms with E-state index >= 15 is 0 Å². The highest BCUT2D eigenvalue weighted by atomic mass is 32.1. The highest BCUT2D eigenvalue weighted by Crippen LogP contribution is 2.35. The first kappa shape index (κ1) is 14.3. The normalized spacial score (nSPS) is 13.5. The Morgan fingerprint density at radius 2 is 1.62 bits per heavy atom. The third-order valence-electron chi connectivity index (χ3n) is 3.95. The van der Waals surface area contributed by atoms with E-state index in [4.69, 9.17) is 5.73 Å². The first-order chi connectivity index (χ1) is 9.98. The Balaban J connectivity index is 2.15. The Morgan fingerprint density at radius 1 is 0.905 bits per heavy atom. The SMILES string of the molecule is CC(C)(C)c1ccccc1C(N)c1cccc2ccsc12. The second-order valence-electron chi connectivity index (χ2n) is 6.50. The molecule has 0 amide bonds. The predicted octanol–water partition coefficient (Wildman–Crippen LogP) is 5.25. The van der Waals surface area contributed by atoms with Gasteiger partial charge in [-0.25, -0.2) is 0 Å². The Labute approximate surface area is 130 Å². The molecule has 21 heavy (non-hydrogen) atoms. The zero-order valence-corrected chi connectivity index (χ0v) is 13.6. The van der Waals surface area contributed by atoms with Crippen molar-refractivity contribution in [1.82, 2.24) is 0 Å². The van der Waals surface area contributed by atoms with E-state index in [2.05, 4.69) is 74.7 Å². The average molecular weight is 295 g/mol. The highest BCUT2D eigenvalue weighted by molar-refractivity contribution is 7.17. The predicted molar refractivity (Wildman–Crippen MR) is 93.0 cm³/mol. The van der Waals surface area contributed by atoms with Crippen LogP contribution in [0, 0.1) is 0 Å². The number of rotatable bonds is 2. The van der Waals surface area contributed by atoms with Crippen LogP contribution in [0.15, 0.2) is 53.9 Å². The van der Waals surface area contributed by atoms with Crippen LogP contribution in [-0.4, -0.2) is 0 Å². The standard InChI is InChI=1S/C19H21NS/c1-19(2,3)16-10-5-4-8-14(16)17(20)15-9-6-7-13-11-12-21-18(13)15/h4-12,17H,20H2,1-3H3.